The van der Waals surface area contributed by atoms with Crippen molar-refractivity contribution in [3.05, 3.63) is 24.3 Å². The van der Waals surface area contributed by atoms with Gasteiger partial charge in [0.15, 0.2) is 6.61 Å². The zero-order valence-corrected chi connectivity index (χ0v) is 10.4. The fraction of sp³-hybridized carbons (Fsp3) is 0.462. The second-order valence-electron chi connectivity index (χ2n) is 3.56. The Balaban J connectivity index is 2.37. The number of hydrogen-bond acceptors (Lipinski definition) is 3. The molecule has 1 N–H and O–H groups in total. The van der Waals surface area contributed by atoms with E-state index >= 15 is 0 Å². The number of ether oxygens (including phenoxy) is 2. The van der Waals surface area contributed by atoms with E-state index in [1.54, 1.807) is 12.1 Å². The van der Waals surface area contributed by atoms with Crippen molar-refractivity contribution in [2.45, 2.75) is 20.3 Å². The molecule has 4 nitrogen and oxygen atoms in total. The Morgan fingerprint density at radius 1 is 1.12 bits per heavy atom. The molecular weight excluding hydrogens is 218 g/mol. The van der Waals surface area contributed by atoms with Crippen LogP contribution in [0.25, 0.3) is 0 Å². The van der Waals surface area contributed by atoms with Crippen LogP contribution in [-0.4, -0.2) is 25.7 Å². The van der Waals surface area contributed by atoms with Crippen molar-refractivity contribution < 1.29 is 14.3 Å². The van der Waals surface area contributed by atoms with E-state index in [4.69, 9.17) is 9.47 Å². The summed E-state index contributed by atoms with van der Waals surface area (Å²) >= 11 is 0. The van der Waals surface area contributed by atoms with Gasteiger partial charge in [0.1, 0.15) is 11.5 Å². The predicted molar refractivity (Wildman–Crippen MR) is 66.4 cm³/mol. The van der Waals surface area contributed by atoms with Crippen LogP contribution in [-0.2, 0) is 4.79 Å². The highest BCUT2D eigenvalue weighted by Gasteiger charge is 2.01. The highest BCUT2D eigenvalue weighted by Crippen LogP contribution is 2.17. The Hall–Kier alpha value is -1.71. The van der Waals surface area contributed by atoms with Gasteiger partial charge < -0.3 is 14.8 Å². The lowest BCUT2D eigenvalue weighted by Crippen LogP contribution is -2.28. The molecule has 0 spiro atoms. The van der Waals surface area contributed by atoms with E-state index in [0.29, 0.717) is 18.9 Å². The molecule has 0 radical (unpaired) electrons. The number of likely N-dealkylation sites (N-methyl/N-ethyl adjacent to an activating group) is 1. The molecule has 0 heterocycles. The maximum absolute atomic E-state index is 11.2. The first-order chi connectivity index (χ1) is 8.26. The standard InChI is InChI=1S/C13H19NO3/c1-3-9-16-11-5-7-12(8-6-11)17-10-13(15)14-4-2/h5-8H,3-4,9-10H2,1-2H3,(H,14,15). The van der Waals surface area contributed by atoms with E-state index in [0.717, 1.165) is 12.2 Å². The van der Waals surface area contributed by atoms with Crippen LogP contribution in [0.15, 0.2) is 24.3 Å². The van der Waals surface area contributed by atoms with Crippen LogP contribution in [0, 0.1) is 0 Å². The van der Waals surface area contributed by atoms with Crippen LogP contribution in [0.5, 0.6) is 11.5 Å². The molecule has 0 saturated carbocycles. The molecule has 0 bridgehead atoms. The number of nitrogens with one attached hydrogen (secondary N) is 1. The van der Waals surface area contributed by atoms with Gasteiger partial charge in [0.2, 0.25) is 0 Å². The summed E-state index contributed by atoms with van der Waals surface area (Å²) < 4.78 is 10.8. The van der Waals surface area contributed by atoms with Gasteiger partial charge in [-0.05, 0) is 37.6 Å². The predicted octanol–water partition coefficient (Wildman–Crippen LogP) is 1.99. The van der Waals surface area contributed by atoms with Crippen molar-refractivity contribution in [2.75, 3.05) is 19.8 Å². The average molecular weight is 237 g/mol. The van der Waals surface area contributed by atoms with Crippen LogP contribution in [0.4, 0.5) is 0 Å². The molecule has 4 heteroatoms. The molecule has 0 aliphatic carbocycles. The number of amides is 1. The van der Waals surface area contributed by atoms with E-state index in [9.17, 15) is 4.79 Å². The molecule has 0 unspecified atom stereocenters. The van der Waals surface area contributed by atoms with Gasteiger partial charge in [-0.25, -0.2) is 0 Å². The Morgan fingerprint density at radius 3 is 2.24 bits per heavy atom. The zero-order chi connectivity index (χ0) is 12.5. The summed E-state index contributed by atoms with van der Waals surface area (Å²) in [5, 5.41) is 2.67. The van der Waals surface area contributed by atoms with Gasteiger partial charge in [-0.15, -0.1) is 0 Å². The second-order valence-corrected chi connectivity index (χ2v) is 3.56. The number of carbonyl (C=O) groups is 1. The molecule has 0 aliphatic heterocycles. The van der Waals surface area contributed by atoms with Gasteiger partial charge >= 0.3 is 0 Å². The van der Waals surface area contributed by atoms with E-state index in [1.807, 2.05) is 19.1 Å². The molecular formula is C13H19NO3. The average Bonchev–Trinajstić information content (AvgIpc) is 2.35. The maximum atomic E-state index is 11.2. The van der Waals surface area contributed by atoms with Crippen LogP contribution >= 0.6 is 0 Å². The quantitative estimate of drug-likeness (QED) is 0.789. The van der Waals surface area contributed by atoms with Crippen LogP contribution in [0.3, 0.4) is 0 Å². The Labute approximate surface area is 102 Å². The molecule has 94 valence electrons. The van der Waals surface area contributed by atoms with Gasteiger partial charge in [0.05, 0.1) is 6.61 Å². The van der Waals surface area contributed by atoms with Crippen molar-refractivity contribution in [1.82, 2.24) is 5.32 Å². The first kappa shape index (κ1) is 13.4. The Morgan fingerprint density at radius 2 is 1.71 bits per heavy atom. The zero-order valence-electron chi connectivity index (χ0n) is 10.4. The molecule has 0 fully saturated rings. The highest BCUT2D eigenvalue weighted by atomic mass is 16.5. The fourth-order valence-corrected chi connectivity index (χ4v) is 1.25. The Kier molecular flexibility index (Phi) is 5.93. The lowest BCUT2D eigenvalue weighted by molar-refractivity contribution is -0.122. The summed E-state index contributed by atoms with van der Waals surface area (Å²) in [6.07, 6.45) is 0.982. The molecule has 0 atom stereocenters. The van der Waals surface area contributed by atoms with Gasteiger partial charge in [-0.3, -0.25) is 4.79 Å². The Bertz CT molecular complexity index is 335. The van der Waals surface area contributed by atoms with Crippen molar-refractivity contribution in [3.8, 4) is 11.5 Å². The third-order valence-corrected chi connectivity index (χ3v) is 2.04. The van der Waals surface area contributed by atoms with Crippen LogP contribution in [0.2, 0.25) is 0 Å². The van der Waals surface area contributed by atoms with Crippen LogP contribution < -0.4 is 14.8 Å². The number of rotatable bonds is 7. The minimum atomic E-state index is -0.112. The molecule has 0 aliphatic rings. The first-order valence-electron chi connectivity index (χ1n) is 5.88. The largest absolute Gasteiger partial charge is 0.494 e. The van der Waals surface area contributed by atoms with Crippen molar-refractivity contribution >= 4 is 5.91 Å². The normalized spacial score (nSPS) is 9.76. The van der Waals surface area contributed by atoms with E-state index in [1.165, 1.54) is 0 Å². The van der Waals surface area contributed by atoms with E-state index < -0.39 is 0 Å². The summed E-state index contributed by atoms with van der Waals surface area (Å²) in [5.74, 6) is 1.37. The number of benzene rings is 1. The topological polar surface area (TPSA) is 47.6 Å². The van der Waals surface area contributed by atoms with Crippen molar-refractivity contribution in [2.24, 2.45) is 0 Å². The first-order valence-corrected chi connectivity index (χ1v) is 5.88. The van der Waals surface area contributed by atoms with E-state index in [-0.39, 0.29) is 12.5 Å². The summed E-state index contributed by atoms with van der Waals surface area (Å²) in [4.78, 5) is 11.2. The second kappa shape index (κ2) is 7.54. The molecule has 0 saturated heterocycles. The van der Waals surface area contributed by atoms with Gasteiger partial charge in [-0.2, -0.15) is 0 Å². The monoisotopic (exact) mass is 237 g/mol. The summed E-state index contributed by atoms with van der Waals surface area (Å²) in [6, 6.07) is 7.26. The minimum Gasteiger partial charge on any atom is -0.494 e. The van der Waals surface area contributed by atoms with Crippen LogP contribution in [0.1, 0.15) is 20.3 Å². The third-order valence-electron chi connectivity index (χ3n) is 2.04. The maximum Gasteiger partial charge on any atom is 0.257 e. The lowest BCUT2D eigenvalue weighted by Gasteiger charge is -2.07. The molecule has 17 heavy (non-hydrogen) atoms. The molecule has 1 amide bonds. The summed E-state index contributed by atoms with van der Waals surface area (Å²) in [6.45, 7) is 5.30. The third kappa shape index (κ3) is 5.24. The molecule has 0 aromatic heterocycles. The smallest absolute Gasteiger partial charge is 0.257 e. The van der Waals surface area contributed by atoms with Gasteiger partial charge in [-0.1, -0.05) is 6.92 Å². The van der Waals surface area contributed by atoms with E-state index in [2.05, 4.69) is 12.2 Å². The number of carbonyl (C=O) groups excluding carboxylic acids is 1. The summed E-state index contributed by atoms with van der Waals surface area (Å²) in [7, 11) is 0. The minimum absolute atomic E-state index is 0.0446. The SMILES string of the molecule is CCCOc1ccc(OCC(=O)NCC)cc1. The molecule has 1 aromatic rings. The highest BCUT2D eigenvalue weighted by molar-refractivity contribution is 5.77. The van der Waals surface area contributed by atoms with Gasteiger partial charge in [0.25, 0.3) is 5.91 Å². The van der Waals surface area contributed by atoms with Gasteiger partial charge in [0, 0.05) is 6.54 Å². The summed E-state index contributed by atoms with van der Waals surface area (Å²) in [5.41, 5.74) is 0. The lowest BCUT2D eigenvalue weighted by atomic mass is 10.3. The van der Waals surface area contributed by atoms with Crippen molar-refractivity contribution in [3.63, 3.8) is 0 Å². The fourth-order valence-electron chi connectivity index (χ4n) is 1.25. The van der Waals surface area contributed by atoms with Crippen molar-refractivity contribution in [1.29, 1.82) is 0 Å². The number of hydrogen-bond donors (Lipinski definition) is 1. The molecule has 1 rings (SSSR count). The molecule has 1 aromatic carbocycles.